The van der Waals surface area contributed by atoms with Crippen molar-refractivity contribution in [2.24, 2.45) is 5.73 Å². The molecule has 0 unspecified atom stereocenters. The van der Waals surface area contributed by atoms with Crippen LogP contribution in [0.15, 0.2) is 54.9 Å². The van der Waals surface area contributed by atoms with Crippen LogP contribution in [0.1, 0.15) is 32.7 Å². The molecule has 0 aliphatic carbocycles. The lowest BCUT2D eigenvalue weighted by Crippen LogP contribution is -2.34. The van der Waals surface area contributed by atoms with Crippen LogP contribution in [0, 0.1) is 0 Å². The fraction of sp³-hybridized carbons (Fsp3) is 0.150. The van der Waals surface area contributed by atoms with Crippen molar-refractivity contribution in [2.45, 2.75) is 6.42 Å². The lowest BCUT2D eigenvalue weighted by Gasteiger charge is -2.26. The zero-order valence-electron chi connectivity index (χ0n) is 14.1. The molecular formula is C20H18N4O2. The number of aromatic nitrogens is 2. The maximum absolute atomic E-state index is 12.7. The van der Waals surface area contributed by atoms with Crippen LogP contribution >= 0.6 is 0 Å². The molecule has 0 atom stereocenters. The van der Waals surface area contributed by atoms with Gasteiger partial charge in [-0.25, -0.2) is 4.98 Å². The number of H-pyrrole nitrogens is 1. The average molecular weight is 346 g/mol. The van der Waals surface area contributed by atoms with E-state index in [9.17, 15) is 9.59 Å². The number of pyridine rings is 1. The van der Waals surface area contributed by atoms with Gasteiger partial charge in [0.1, 0.15) is 5.65 Å². The van der Waals surface area contributed by atoms with Gasteiger partial charge in [-0.15, -0.1) is 0 Å². The highest BCUT2D eigenvalue weighted by Gasteiger charge is 2.20. The van der Waals surface area contributed by atoms with E-state index in [-0.39, 0.29) is 5.91 Å². The van der Waals surface area contributed by atoms with E-state index in [1.54, 1.807) is 35.4 Å². The molecule has 0 saturated carbocycles. The molecule has 0 radical (unpaired) electrons. The van der Waals surface area contributed by atoms with E-state index in [1.165, 1.54) is 5.57 Å². The third-order valence-corrected chi connectivity index (χ3v) is 4.71. The number of benzene rings is 1. The minimum absolute atomic E-state index is 0.0445. The molecule has 1 aromatic carbocycles. The number of aromatic amines is 1. The van der Waals surface area contributed by atoms with Gasteiger partial charge in [0.05, 0.1) is 0 Å². The number of carbonyl (C=O) groups is 2. The van der Waals surface area contributed by atoms with Gasteiger partial charge in [0, 0.05) is 47.6 Å². The number of fused-ring (bicyclic) bond motifs is 1. The Morgan fingerprint density at radius 1 is 1.12 bits per heavy atom. The number of amides is 2. The molecule has 1 aliphatic heterocycles. The molecule has 3 heterocycles. The molecular weight excluding hydrogens is 328 g/mol. The highest BCUT2D eigenvalue weighted by molar-refractivity contribution is 5.98. The zero-order chi connectivity index (χ0) is 18.1. The number of nitrogens with one attached hydrogen (secondary N) is 1. The van der Waals surface area contributed by atoms with Crippen molar-refractivity contribution < 1.29 is 9.59 Å². The normalized spacial score (nSPS) is 14.3. The number of primary amides is 1. The number of carbonyl (C=O) groups excluding carboxylic acids is 2. The molecule has 3 N–H and O–H groups in total. The SMILES string of the molecule is NC(=O)c1ccc(C(=O)N2CC=C(c3c[nH]c4ncccc34)CC2)cc1. The first-order valence-corrected chi connectivity index (χ1v) is 8.44. The molecule has 26 heavy (non-hydrogen) atoms. The maximum Gasteiger partial charge on any atom is 0.254 e. The van der Waals surface area contributed by atoms with Gasteiger partial charge in [-0.05, 0) is 48.4 Å². The Morgan fingerprint density at radius 2 is 1.88 bits per heavy atom. The Morgan fingerprint density at radius 3 is 2.58 bits per heavy atom. The molecule has 6 heteroatoms. The fourth-order valence-corrected chi connectivity index (χ4v) is 3.28. The van der Waals surface area contributed by atoms with Crippen LogP contribution in [0.25, 0.3) is 16.6 Å². The van der Waals surface area contributed by atoms with Crippen molar-refractivity contribution in [1.29, 1.82) is 0 Å². The standard InChI is InChI=1S/C20H18N4O2/c21-18(25)14-3-5-15(6-4-14)20(26)24-10-7-13(8-11-24)17-12-23-19-16(17)2-1-9-22-19/h1-7,9,12H,8,10-11H2,(H2,21,25)(H,22,23). The van der Waals surface area contributed by atoms with Gasteiger partial charge in [0.25, 0.3) is 5.91 Å². The van der Waals surface area contributed by atoms with Crippen LogP contribution in [0.3, 0.4) is 0 Å². The summed E-state index contributed by atoms with van der Waals surface area (Å²) in [5.41, 5.74) is 9.43. The minimum Gasteiger partial charge on any atom is -0.366 e. The smallest absolute Gasteiger partial charge is 0.254 e. The third kappa shape index (κ3) is 2.86. The first kappa shape index (κ1) is 16.1. The van der Waals surface area contributed by atoms with Gasteiger partial charge in [-0.2, -0.15) is 0 Å². The molecule has 1 aliphatic rings. The molecule has 4 rings (SSSR count). The quantitative estimate of drug-likeness (QED) is 0.763. The van der Waals surface area contributed by atoms with Crippen LogP contribution in [0.4, 0.5) is 0 Å². The highest BCUT2D eigenvalue weighted by atomic mass is 16.2. The molecule has 0 spiro atoms. The molecule has 2 amide bonds. The van der Waals surface area contributed by atoms with Crippen molar-refractivity contribution in [2.75, 3.05) is 13.1 Å². The van der Waals surface area contributed by atoms with Gasteiger partial charge in [0.2, 0.25) is 5.91 Å². The summed E-state index contributed by atoms with van der Waals surface area (Å²) in [6.07, 6.45) is 6.62. The van der Waals surface area contributed by atoms with Gasteiger partial charge in [-0.1, -0.05) is 6.08 Å². The summed E-state index contributed by atoms with van der Waals surface area (Å²) in [6, 6.07) is 10.4. The fourth-order valence-electron chi connectivity index (χ4n) is 3.28. The number of hydrogen-bond donors (Lipinski definition) is 2. The second kappa shape index (κ2) is 6.48. The Labute approximate surface area is 150 Å². The molecule has 0 fully saturated rings. The summed E-state index contributed by atoms with van der Waals surface area (Å²) in [5.74, 6) is -0.542. The molecule has 0 bridgehead atoms. The lowest BCUT2D eigenvalue weighted by atomic mass is 9.99. The van der Waals surface area contributed by atoms with Crippen LogP contribution in [-0.4, -0.2) is 39.8 Å². The largest absolute Gasteiger partial charge is 0.366 e. The number of rotatable bonds is 3. The van der Waals surface area contributed by atoms with Crippen molar-refractivity contribution >= 4 is 28.4 Å². The first-order valence-electron chi connectivity index (χ1n) is 8.44. The van der Waals surface area contributed by atoms with Crippen molar-refractivity contribution in [3.63, 3.8) is 0 Å². The zero-order valence-corrected chi connectivity index (χ0v) is 14.1. The van der Waals surface area contributed by atoms with E-state index in [0.29, 0.717) is 24.2 Å². The number of hydrogen-bond acceptors (Lipinski definition) is 3. The molecule has 6 nitrogen and oxygen atoms in total. The highest BCUT2D eigenvalue weighted by Crippen LogP contribution is 2.28. The number of nitrogens with two attached hydrogens (primary N) is 1. The van der Waals surface area contributed by atoms with E-state index in [4.69, 9.17) is 5.73 Å². The predicted octanol–water partition coefficient (Wildman–Crippen LogP) is 2.59. The van der Waals surface area contributed by atoms with Crippen LogP contribution in [0.2, 0.25) is 0 Å². The van der Waals surface area contributed by atoms with Gasteiger partial charge in [-0.3, -0.25) is 9.59 Å². The average Bonchev–Trinajstić information content (AvgIpc) is 3.12. The Kier molecular flexibility index (Phi) is 4.01. The van der Waals surface area contributed by atoms with E-state index in [0.717, 1.165) is 23.0 Å². The minimum atomic E-state index is -0.497. The van der Waals surface area contributed by atoms with Gasteiger partial charge in [0.15, 0.2) is 0 Å². The van der Waals surface area contributed by atoms with Crippen LogP contribution in [-0.2, 0) is 0 Å². The van der Waals surface area contributed by atoms with Gasteiger partial charge >= 0.3 is 0 Å². The maximum atomic E-state index is 12.7. The third-order valence-electron chi connectivity index (χ3n) is 4.71. The monoisotopic (exact) mass is 346 g/mol. The summed E-state index contributed by atoms with van der Waals surface area (Å²) in [4.78, 5) is 33.1. The summed E-state index contributed by atoms with van der Waals surface area (Å²) in [5, 5.41) is 1.10. The molecule has 130 valence electrons. The summed E-state index contributed by atoms with van der Waals surface area (Å²) < 4.78 is 0. The topological polar surface area (TPSA) is 92.1 Å². The Balaban J connectivity index is 1.52. The van der Waals surface area contributed by atoms with Gasteiger partial charge < -0.3 is 15.6 Å². The summed E-state index contributed by atoms with van der Waals surface area (Å²) in [7, 11) is 0. The Bertz CT molecular complexity index is 1020. The van der Waals surface area contributed by atoms with Crippen molar-refractivity contribution in [1.82, 2.24) is 14.9 Å². The second-order valence-electron chi connectivity index (χ2n) is 6.27. The summed E-state index contributed by atoms with van der Waals surface area (Å²) in [6.45, 7) is 1.20. The molecule has 2 aromatic heterocycles. The van der Waals surface area contributed by atoms with E-state index in [2.05, 4.69) is 16.0 Å². The first-order chi connectivity index (χ1) is 12.6. The van der Waals surface area contributed by atoms with E-state index >= 15 is 0 Å². The number of nitrogens with zero attached hydrogens (tertiary/aromatic N) is 2. The van der Waals surface area contributed by atoms with E-state index in [1.807, 2.05) is 18.3 Å². The van der Waals surface area contributed by atoms with E-state index < -0.39 is 5.91 Å². The molecule has 0 saturated heterocycles. The Hall–Kier alpha value is -3.41. The second-order valence-corrected chi connectivity index (χ2v) is 6.27. The van der Waals surface area contributed by atoms with Crippen molar-refractivity contribution in [3.05, 3.63) is 71.6 Å². The van der Waals surface area contributed by atoms with Crippen LogP contribution in [0.5, 0.6) is 0 Å². The molecule has 3 aromatic rings. The summed E-state index contributed by atoms with van der Waals surface area (Å²) >= 11 is 0. The predicted molar refractivity (Wildman–Crippen MR) is 99.6 cm³/mol. The lowest BCUT2D eigenvalue weighted by molar-refractivity contribution is 0.0772. The van der Waals surface area contributed by atoms with Crippen LogP contribution < -0.4 is 5.73 Å². The van der Waals surface area contributed by atoms with Crippen molar-refractivity contribution in [3.8, 4) is 0 Å².